The molecule has 0 bridgehead atoms. The summed E-state index contributed by atoms with van der Waals surface area (Å²) < 4.78 is 1.75. The van der Waals surface area contributed by atoms with Crippen LogP contribution in [0.1, 0.15) is 6.92 Å². The second kappa shape index (κ2) is 3.49. The molecule has 2 N–H and O–H groups in total. The third-order valence-corrected chi connectivity index (χ3v) is 2.12. The minimum Gasteiger partial charge on any atom is -0.383 e. The molecule has 2 aromatic rings. The van der Waals surface area contributed by atoms with Crippen LogP contribution in [0.4, 0.5) is 5.82 Å². The first-order valence-electron chi connectivity index (χ1n) is 4.55. The quantitative estimate of drug-likeness (QED) is 0.777. The number of nitrogens with zero attached hydrogens (tertiary/aromatic N) is 3. The van der Waals surface area contributed by atoms with Gasteiger partial charge >= 0.3 is 0 Å². The van der Waals surface area contributed by atoms with E-state index in [1.54, 1.807) is 17.1 Å². The molecule has 14 heavy (non-hydrogen) atoms. The molecule has 4 nitrogen and oxygen atoms in total. The van der Waals surface area contributed by atoms with E-state index in [1.807, 2.05) is 25.1 Å². The number of nitrogens with two attached hydrogens (primary N) is 1. The maximum atomic E-state index is 5.91. The Morgan fingerprint density at radius 2 is 2.29 bits per heavy atom. The van der Waals surface area contributed by atoms with Crippen LogP contribution in [0, 0.1) is 0 Å². The van der Waals surface area contributed by atoms with Crippen LogP contribution >= 0.6 is 0 Å². The first-order valence-corrected chi connectivity index (χ1v) is 4.55. The van der Waals surface area contributed by atoms with Crippen molar-refractivity contribution < 1.29 is 0 Å². The summed E-state index contributed by atoms with van der Waals surface area (Å²) >= 11 is 0. The fourth-order valence-electron chi connectivity index (χ4n) is 1.37. The smallest absolute Gasteiger partial charge is 0.131 e. The third-order valence-electron chi connectivity index (χ3n) is 2.12. The zero-order valence-corrected chi connectivity index (χ0v) is 8.01. The van der Waals surface area contributed by atoms with Crippen LogP contribution in [0.15, 0.2) is 30.6 Å². The Labute approximate surface area is 82.4 Å². The van der Waals surface area contributed by atoms with Crippen molar-refractivity contribution in [2.24, 2.45) is 0 Å². The van der Waals surface area contributed by atoms with Gasteiger partial charge in [0.1, 0.15) is 5.82 Å². The summed E-state index contributed by atoms with van der Waals surface area (Å²) in [5.74, 6) is 0.672. The normalized spacial score (nSPS) is 10.4. The summed E-state index contributed by atoms with van der Waals surface area (Å²) in [4.78, 5) is 4.22. The Bertz CT molecular complexity index is 419. The highest BCUT2D eigenvalue weighted by Crippen LogP contribution is 2.22. The van der Waals surface area contributed by atoms with Gasteiger partial charge in [0, 0.05) is 12.7 Å². The highest BCUT2D eigenvalue weighted by molar-refractivity contribution is 5.70. The highest BCUT2D eigenvalue weighted by atomic mass is 15.3. The number of hydrogen-bond acceptors (Lipinski definition) is 3. The molecular formula is C10H12N4. The molecule has 0 atom stereocenters. The van der Waals surface area contributed by atoms with E-state index < -0.39 is 0 Å². The van der Waals surface area contributed by atoms with E-state index in [0.717, 1.165) is 17.8 Å². The lowest BCUT2D eigenvalue weighted by molar-refractivity contribution is 0.670. The van der Waals surface area contributed by atoms with Gasteiger partial charge in [-0.25, -0.2) is 4.68 Å². The van der Waals surface area contributed by atoms with Gasteiger partial charge in [0.05, 0.1) is 17.5 Å². The summed E-state index contributed by atoms with van der Waals surface area (Å²) in [6.45, 7) is 2.78. The molecule has 0 unspecified atom stereocenters. The molecular weight excluding hydrogens is 176 g/mol. The van der Waals surface area contributed by atoms with Crippen molar-refractivity contribution in [3.8, 4) is 11.3 Å². The molecule has 0 aliphatic heterocycles. The topological polar surface area (TPSA) is 56.7 Å². The standard InChI is InChI=1S/C10H12N4/c1-2-14-10(11)8(7-13-14)9-5-3-4-6-12-9/h3-7H,2,11H2,1H3. The predicted octanol–water partition coefficient (Wildman–Crippen LogP) is 1.55. The van der Waals surface area contributed by atoms with Crippen molar-refractivity contribution in [3.63, 3.8) is 0 Å². The highest BCUT2D eigenvalue weighted by Gasteiger charge is 2.08. The summed E-state index contributed by atoms with van der Waals surface area (Å²) in [6.07, 6.45) is 3.50. The van der Waals surface area contributed by atoms with Gasteiger partial charge in [0.15, 0.2) is 0 Å². The van der Waals surface area contributed by atoms with Crippen LogP contribution in [0.2, 0.25) is 0 Å². The molecule has 0 aromatic carbocycles. The molecule has 0 spiro atoms. The fourth-order valence-corrected chi connectivity index (χ4v) is 1.37. The number of hydrogen-bond donors (Lipinski definition) is 1. The number of pyridine rings is 1. The molecule has 0 saturated heterocycles. The molecule has 0 aliphatic rings. The maximum absolute atomic E-state index is 5.91. The first kappa shape index (κ1) is 8.74. The van der Waals surface area contributed by atoms with E-state index in [9.17, 15) is 0 Å². The van der Waals surface area contributed by atoms with Crippen LogP contribution in [0.3, 0.4) is 0 Å². The van der Waals surface area contributed by atoms with Gasteiger partial charge in [-0.1, -0.05) is 6.07 Å². The van der Waals surface area contributed by atoms with Crippen LogP contribution in [-0.2, 0) is 6.54 Å². The number of nitrogen functional groups attached to an aromatic ring is 1. The van der Waals surface area contributed by atoms with E-state index >= 15 is 0 Å². The van der Waals surface area contributed by atoms with E-state index in [0.29, 0.717) is 5.82 Å². The van der Waals surface area contributed by atoms with E-state index in [2.05, 4.69) is 10.1 Å². The molecule has 2 aromatic heterocycles. The van der Waals surface area contributed by atoms with Gasteiger partial charge in [0.2, 0.25) is 0 Å². The van der Waals surface area contributed by atoms with Gasteiger partial charge in [0.25, 0.3) is 0 Å². The average Bonchev–Trinajstić information content (AvgIpc) is 2.61. The number of aryl methyl sites for hydroxylation is 1. The first-order chi connectivity index (χ1) is 6.83. The van der Waals surface area contributed by atoms with Crippen molar-refractivity contribution in [1.82, 2.24) is 14.8 Å². The Morgan fingerprint density at radius 1 is 1.43 bits per heavy atom. The number of aromatic nitrogens is 3. The lowest BCUT2D eigenvalue weighted by Crippen LogP contribution is -2.02. The molecule has 4 heteroatoms. The molecule has 0 amide bonds. The second-order valence-electron chi connectivity index (χ2n) is 2.97. The van der Waals surface area contributed by atoms with Gasteiger partial charge in [-0.05, 0) is 19.1 Å². The monoisotopic (exact) mass is 188 g/mol. The third kappa shape index (κ3) is 1.35. The van der Waals surface area contributed by atoms with Gasteiger partial charge < -0.3 is 5.73 Å². The minimum absolute atomic E-state index is 0.672. The zero-order valence-electron chi connectivity index (χ0n) is 8.01. The average molecular weight is 188 g/mol. The lowest BCUT2D eigenvalue weighted by Gasteiger charge is -2.00. The molecule has 0 fully saturated rings. The maximum Gasteiger partial charge on any atom is 0.131 e. The van der Waals surface area contributed by atoms with Crippen LogP contribution < -0.4 is 5.73 Å². The molecule has 2 rings (SSSR count). The van der Waals surface area contributed by atoms with Gasteiger partial charge in [-0.15, -0.1) is 0 Å². The summed E-state index contributed by atoms with van der Waals surface area (Å²) in [7, 11) is 0. The summed E-state index contributed by atoms with van der Waals surface area (Å²) in [5, 5.41) is 4.16. The lowest BCUT2D eigenvalue weighted by atomic mass is 10.2. The predicted molar refractivity (Wildman–Crippen MR) is 55.5 cm³/mol. The van der Waals surface area contributed by atoms with Crippen molar-refractivity contribution in [2.45, 2.75) is 13.5 Å². The zero-order chi connectivity index (χ0) is 9.97. The number of rotatable bonds is 2. The SMILES string of the molecule is CCn1ncc(-c2ccccn2)c1N. The fraction of sp³-hybridized carbons (Fsp3) is 0.200. The van der Waals surface area contributed by atoms with Gasteiger partial charge in [-0.2, -0.15) is 5.10 Å². The van der Waals surface area contributed by atoms with Crippen LogP contribution in [-0.4, -0.2) is 14.8 Å². The molecule has 72 valence electrons. The Morgan fingerprint density at radius 3 is 2.86 bits per heavy atom. The number of anilines is 1. The molecule has 0 saturated carbocycles. The van der Waals surface area contributed by atoms with E-state index in [1.165, 1.54) is 0 Å². The second-order valence-corrected chi connectivity index (χ2v) is 2.97. The molecule has 2 heterocycles. The summed E-state index contributed by atoms with van der Waals surface area (Å²) in [5.41, 5.74) is 7.67. The summed E-state index contributed by atoms with van der Waals surface area (Å²) in [6, 6.07) is 5.74. The van der Waals surface area contributed by atoms with E-state index in [-0.39, 0.29) is 0 Å². The van der Waals surface area contributed by atoms with Crippen LogP contribution in [0.25, 0.3) is 11.3 Å². The van der Waals surface area contributed by atoms with E-state index in [4.69, 9.17) is 5.73 Å². The van der Waals surface area contributed by atoms with Crippen molar-refractivity contribution in [1.29, 1.82) is 0 Å². The Balaban J connectivity index is 2.48. The van der Waals surface area contributed by atoms with Gasteiger partial charge in [-0.3, -0.25) is 4.98 Å². The van der Waals surface area contributed by atoms with Crippen molar-refractivity contribution >= 4 is 5.82 Å². The Kier molecular flexibility index (Phi) is 2.18. The van der Waals surface area contributed by atoms with Crippen molar-refractivity contribution in [3.05, 3.63) is 30.6 Å². The Hall–Kier alpha value is -1.84. The minimum atomic E-state index is 0.672. The van der Waals surface area contributed by atoms with Crippen molar-refractivity contribution in [2.75, 3.05) is 5.73 Å². The largest absolute Gasteiger partial charge is 0.383 e. The van der Waals surface area contributed by atoms with Crippen LogP contribution in [0.5, 0.6) is 0 Å². The molecule has 0 aliphatic carbocycles. The molecule has 0 radical (unpaired) electrons.